The molecule has 0 aromatic heterocycles. The molecular formula is C22H20N2O4. The van der Waals surface area contributed by atoms with Gasteiger partial charge in [-0.15, -0.1) is 0 Å². The van der Waals surface area contributed by atoms with E-state index < -0.39 is 11.9 Å². The van der Waals surface area contributed by atoms with Crippen molar-refractivity contribution < 1.29 is 19.8 Å². The van der Waals surface area contributed by atoms with Gasteiger partial charge in [0.1, 0.15) is 5.75 Å². The van der Waals surface area contributed by atoms with Crippen molar-refractivity contribution in [2.75, 3.05) is 24.3 Å². The summed E-state index contributed by atoms with van der Waals surface area (Å²) in [5.41, 5.74) is 2.60. The Morgan fingerprint density at radius 3 is 2.14 bits per heavy atom. The van der Waals surface area contributed by atoms with Gasteiger partial charge in [-0.2, -0.15) is 0 Å². The number of phenolic OH excluding ortho intramolecular Hbond substituents is 1. The molecule has 0 radical (unpaired) electrons. The topological polar surface area (TPSA) is 89.9 Å². The van der Waals surface area contributed by atoms with E-state index in [9.17, 15) is 19.8 Å². The second kappa shape index (κ2) is 7.84. The second-order valence-corrected chi connectivity index (χ2v) is 6.48. The number of rotatable bonds is 5. The first kappa shape index (κ1) is 19.0. The summed E-state index contributed by atoms with van der Waals surface area (Å²) >= 11 is 0. The summed E-state index contributed by atoms with van der Waals surface area (Å²) in [6.07, 6.45) is 0. The van der Waals surface area contributed by atoms with Crippen LogP contribution in [0.4, 0.5) is 11.4 Å². The Hall–Kier alpha value is -3.80. The van der Waals surface area contributed by atoms with Gasteiger partial charge in [0.2, 0.25) is 0 Å². The van der Waals surface area contributed by atoms with Gasteiger partial charge >= 0.3 is 5.97 Å². The first-order valence-electron chi connectivity index (χ1n) is 8.61. The smallest absolute Gasteiger partial charge is 0.337 e. The van der Waals surface area contributed by atoms with E-state index in [1.807, 2.05) is 44.4 Å². The normalized spacial score (nSPS) is 10.4. The Morgan fingerprint density at radius 1 is 0.857 bits per heavy atom. The number of benzene rings is 3. The maximum atomic E-state index is 12.7. The van der Waals surface area contributed by atoms with Gasteiger partial charge < -0.3 is 20.4 Å². The van der Waals surface area contributed by atoms with E-state index >= 15 is 0 Å². The number of phenols is 1. The van der Waals surface area contributed by atoms with Crippen molar-refractivity contribution in [2.45, 2.75) is 0 Å². The van der Waals surface area contributed by atoms with E-state index in [2.05, 4.69) is 5.32 Å². The number of aromatic carboxylic acids is 1. The van der Waals surface area contributed by atoms with Crippen LogP contribution in [0.1, 0.15) is 20.7 Å². The average Bonchev–Trinajstić information content (AvgIpc) is 2.68. The van der Waals surface area contributed by atoms with Crippen molar-refractivity contribution in [1.82, 2.24) is 0 Å². The maximum absolute atomic E-state index is 12.7. The predicted octanol–water partition coefficient (Wildman–Crippen LogP) is 4.08. The van der Waals surface area contributed by atoms with Gasteiger partial charge in [0.15, 0.2) is 0 Å². The molecular weight excluding hydrogens is 356 g/mol. The molecule has 0 aliphatic carbocycles. The Balaban J connectivity index is 1.96. The fourth-order valence-corrected chi connectivity index (χ4v) is 2.82. The monoisotopic (exact) mass is 376 g/mol. The zero-order valence-corrected chi connectivity index (χ0v) is 15.5. The van der Waals surface area contributed by atoms with Crippen molar-refractivity contribution in [3.63, 3.8) is 0 Å². The SMILES string of the molecule is CN(C)c1ccc(C(=O)Nc2cc(-c3ccccc3)ccc2C(=O)O)c(O)c1. The van der Waals surface area contributed by atoms with E-state index in [-0.39, 0.29) is 22.6 Å². The quantitative estimate of drug-likeness (QED) is 0.624. The zero-order valence-electron chi connectivity index (χ0n) is 15.5. The molecule has 28 heavy (non-hydrogen) atoms. The molecule has 0 fully saturated rings. The molecule has 3 aromatic carbocycles. The van der Waals surface area contributed by atoms with Crippen molar-refractivity contribution >= 4 is 23.3 Å². The average molecular weight is 376 g/mol. The summed E-state index contributed by atoms with van der Waals surface area (Å²) in [5.74, 6) is -1.92. The van der Waals surface area contributed by atoms with Crippen LogP contribution in [-0.2, 0) is 0 Å². The number of carboxylic acid groups (broad SMARTS) is 1. The van der Waals surface area contributed by atoms with Crippen LogP contribution in [0.2, 0.25) is 0 Å². The molecule has 1 amide bonds. The highest BCUT2D eigenvalue weighted by Gasteiger charge is 2.17. The Labute approximate surface area is 162 Å². The molecule has 3 aromatic rings. The van der Waals surface area contributed by atoms with Crippen LogP contribution in [-0.4, -0.2) is 36.2 Å². The van der Waals surface area contributed by atoms with Crippen molar-refractivity contribution in [3.8, 4) is 16.9 Å². The fourth-order valence-electron chi connectivity index (χ4n) is 2.82. The van der Waals surface area contributed by atoms with Crippen LogP contribution < -0.4 is 10.2 Å². The summed E-state index contributed by atoms with van der Waals surface area (Å²) in [4.78, 5) is 26.0. The molecule has 0 unspecified atom stereocenters. The van der Waals surface area contributed by atoms with Gasteiger partial charge in [-0.05, 0) is 35.4 Å². The van der Waals surface area contributed by atoms with Crippen LogP contribution in [0.5, 0.6) is 5.75 Å². The van der Waals surface area contributed by atoms with E-state index in [1.165, 1.54) is 18.2 Å². The lowest BCUT2D eigenvalue weighted by Crippen LogP contribution is -2.16. The van der Waals surface area contributed by atoms with E-state index in [1.54, 1.807) is 23.1 Å². The molecule has 3 N–H and O–H groups in total. The second-order valence-electron chi connectivity index (χ2n) is 6.48. The number of nitrogens with zero attached hydrogens (tertiary/aromatic N) is 1. The van der Waals surface area contributed by atoms with Crippen LogP contribution >= 0.6 is 0 Å². The summed E-state index contributed by atoms with van der Waals surface area (Å²) in [6.45, 7) is 0. The van der Waals surface area contributed by atoms with Crippen LogP contribution in [0, 0.1) is 0 Å². The molecule has 0 spiro atoms. The van der Waals surface area contributed by atoms with Gasteiger partial charge in [-0.25, -0.2) is 4.79 Å². The van der Waals surface area contributed by atoms with Gasteiger partial charge in [-0.1, -0.05) is 36.4 Å². The highest BCUT2D eigenvalue weighted by molar-refractivity contribution is 6.09. The number of nitrogens with one attached hydrogen (secondary N) is 1. The highest BCUT2D eigenvalue weighted by atomic mass is 16.4. The Kier molecular flexibility index (Phi) is 5.31. The molecule has 0 aliphatic rings. The highest BCUT2D eigenvalue weighted by Crippen LogP contribution is 2.28. The third-order valence-corrected chi connectivity index (χ3v) is 4.35. The van der Waals surface area contributed by atoms with Crippen molar-refractivity contribution in [3.05, 3.63) is 77.9 Å². The Morgan fingerprint density at radius 2 is 1.54 bits per heavy atom. The van der Waals surface area contributed by atoms with E-state index in [0.29, 0.717) is 0 Å². The molecule has 3 rings (SSSR count). The number of carbonyl (C=O) groups excluding carboxylic acids is 1. The van der Waals surface area contributed by atoms with Crippen LogP contribution in [0.25, 0.3) is 11.1 Å². The number of hydrogen-bond acceptors (Lipinski definition) is 4. The molecule has 6 heteroatoms. The molecule has 0 saturated heterocycles. The Bertz CT molecular complexity index is 1030. The largest absolute Gasteiger partial charge is 0.507 e. The van der Waals surface area contributed by atoms with Gasteiger partial charge in [0, 0.05) is 25.8 Å². The van der Waals surface area contributed by atoms with Gasteiger partial charge in [0.25, 0.3) is 5.91 Å². The minimum Gasteiger partial charge on any atom is -0.507 e. The number of hydrogen-bond donors (Lipinski definition) is 3. The molecule has 6 nitrogen and oxygen atoms in total. The van der Waals surface area contributed by atoms with Crippen molar-refractivity contribution in [1.29, 1.82) is 0 Å². The number of anilines is 2. The first-order valence-corrected chi connectivity index (χ1v) is 8.61. The lowest BCUT2D eigenvalue weighted by atomic mass is 10.0. The summed E-state index contributed by atoms with van der Waals surface area (Å²) in [7, 11) is 3.64. The summed E-state index contributed by atoms with van der Waals surface area (Å²) in [5, 5.41) is 22.3. The van der Waals surface area contributed by atoms with Gasteiger partial charge in [0.05, 0.1) is 16.8 Å². The fraction of sp³-hybridized carbons (Fsp3) is 0.0909. The van der Waals surface area contributed by atoms with E-state index in [4.69, 9.17) is 0 Å². The lowest BCUT2D eigenvalue weighted by molar-refractivity contribution is 0.0698. The number of carboxylic acids is 1. The molecule has 142 valence electrons. The molecule has 0 aliphatic heterocycles. The van der Waals surface area contributed by atoms with Crippen LogP contribution in [0.15, 0.2) is 66.7 Å². The standard InChI is InChI=1S/C22H20N2O4/c1-24(2)16-9-11-18(20(25)13-16)21(26)23-19-12-15(8-10-17(19)22(27)28)14-6-4-3-5-7-14/h3-13,25H,1-2H3,(H,23,26)(H,27,28). The number of aromatic hydroxyl groups is 1. The van der Waals surface area contributed by atoms with E-state index in [0.717, 1.165) is 16.8 Å². The van der Waals surface area contributed by atoms with Crippen LogP contribution in [0.3, 0.4) is 0 Å². The zero-order chi connectivity index (χ0) is 20.3. The minimum absolute atomic E-state index is 0.0302. The number of amides is 1. The number of carbonyl (C=O) groups is 2. The molecule has 0 saturated carbocycles. The molecule has 0 atom stereocenters. The predicted molar refractivity (Wildman–Crippen MR) is 109 cm³/mol. The molecule has 0 heterocycles. The van der Waals surface area contributed by atoms with Crippen molar-refractivity contribution in [2.24, 2.45) is 0 Å². The first-order chi connectivity index (χ1) is 13.4. The third kappa shape index (κ3) is 3.96. The summed E-state index contributed by atoms with van der Waals surface area (Å²) < 4.78 is 0. The third-order valence-electron chi connectivity index (χ3n) is 4.35. The lowest BCUT2D eigenvalue weighted by Gasteiger charge is -2.15. The summed E-state index contributed by atoms with van der Waals surface area (Å²) in [6, 6.07) is 18.9. The maximum Gasteiger partial charge on any atom is 0.337 e. The molecule has 0 bridgehead atoms. The minimum atomic E-state index is -1.15. The van der Waals surface area contributed by atoms with Gasteiger partial charge in [-0.3, -0.25) is 4.79 Å².